The topological polar surface area (TPSA) is 46.3 Å². The standard InChI is InChI=1S/C11H12BrClN2O/c12-9-3-7(1-2-10(9)13)5-15-6-8(14)4-11(15)16/h1-3,8H,4-6,14H2. The predicted molar refractivity (Wildman–Crippen MR) is 67.2 cm³/mol. The van der Waals surface area contributed by atoms with Crippen molar-refractivity contribution in [2.24, 2.45) is 5.73 Å². The van der Waals surface area contributed by atoms with Gasteiger partial charge in [0.25, 0.3) is 0 Å². The Labute approximate surface area is 108 Å². The number of rotatable bonds is 2. The molecule has 1 amide bonds. The first-order chi connectivity index (χ1) is 7.56. The van der Waals surface area contributed by atoms with Gasteiger partial charge in [0.05, 0.1) is 5.02 Å². The summed E-state index contributed by atoms with van der Waals surface area (Å²) < 4.78 is 0.850. The largest absolute Gasteiger partial charge is 0.337 e. The smallest absolute Gasteiger partial charge is 0.224 e. The van der Waals surface area contributed by atoms with E-state index in [9.17, 15) is 4.79 Å². The summed E-state index contributed by atoms with van der Waals surface area (Å²) in [5.74, 6) is 0.124. The molecular weight excluding hydrogens is 291 g/mol. The van der Waals surface area contributed by atoms with Crippen molar-refractivity contribution < 1.29 is 4.79 Å². The molecule has 1 atom stereocenters. The summed E-state index contributed by atoms with van der Waals surface area (Å²) in [4.78, 5) is 13.3. The molecule has 0 radical (unpaired) electrons. The van der Waals surface area contributed by atoms with Gasteiger partial charge in [-0.25, -0.2) is 0 Å². The van der Waals surface area contributed by atoms with E-state index in [2.05, 4.69) is 15.9 Å². The molecule has 1 saturated heterocycles. The molecular formula is C11H12BrClN2O. The second-order valence-electron chi connectivity index (χ2n) is 3.99. The van der Waals surface area contributed by atoms with Gasteiger partial charge in [-0.05, 0) is 33.6 Å². The van der Waals surface area contributed by atoms with Crippen LogP contribution in [0.4, 0.5) is 0 Å². The molecule has 0 saturated carbocycles. The zero-order valence-corrected chi connectivity index (χ0v) is 11.0. The second kappa shape index (κ2) is 4.73. The lowest BCUT2D eigenvalue weighted by Crippen LogP contribution is -2.27. The van der Waals surface area contributed by atoms with Crippen molar-refractivity contribution >= 4 is 33.4 Å². The molecule has 2 N–H and O–H groups in total. The van der Waals surface area contributed by atoms with E-state index in [-0.39, 0.29) is 11.9 Å². The number of benzene rings is 1. The third-order valence-electron chi connectivity index (χ3n) is 2.60. The number of carbonyl (C=O) groups is 1. The number of halogens is 2. The van der Waals surface area contributed by atoms with Crippen LogP contribution in [0.1, 0.15) is 12.0 Å². The number of amides is 1. The molecule has 1 aromatic carbocycles. The fraction of sp³-hybridized carbons (Fsp3) is 0.364. The summed E-state index contributed by atoms with van der Waals surface area (Å²) in [6.45, 7) is 1.24. The number of nitrogens with zero attached hydrogens (tertiary/aromatic N) is 1. The number of nitrogens with two attached hydrogens (primary N) is 1. The number of hydrogen-bond acceptors (Lipinski definition) is 2. The Balaban J connectivity index is 2.09. The Kier molecular flexibility index (Phi) is 3.52. The number of hydrogen-bond donors (Lipinski definition) is 1. The number of likely N-dealkylation sites (tertiary alicyclic amines) is 1. The van der Waals surface area contributed by atoms with Crippen LogP contribution in [0.15, 0.2) is 22.7 Å². The minimum absolute atomic E-state index is 0.0248. The molecule has 1 fully saturated rings. The van der Waals surface area contributed by atoms with Gasteiger partial charge in [-0.15, -0.1) is 0 Å². The van der Waals surface area contributed by atoms with Crippen LogP contribution < -0.4 is 5.73 Å². The molecule has 0 spiro atoms. The van der Waals surface area contributed by atoms with Gasteiger partial charge < -0.3 is 10.6 Å². The molecule has 3 nitrogen and oxygen atoms in total. The Hall–Kier alpha value is -0.580. The van der Waals surface area contributed by atoms with Gasteiger partial charge >= 0.3 is 0 Å². The molecule has 16 heavy (non-hydrogen) atoms. The monoisotopic (exact) mass is 302 g/mol. The highest BCUT2D eigenvalue weighted by Gasteiger charge is 2.26. The SMILES string of the molecule is NC1CC(=O)N(Cc2ccc(Cl)c(Br)c2)C1. The predicted octanol–water partition coefficient (Wildman–Crippen LogP) is 2.16. The molecule has 0 bridgehead atoms. The van der Waals surface area contributed by atoms with E-state index in [0.29, 0.717) is 24.5 Å². The maximum absolute atomic E-state index is 11.5. The fourth-order valence-electron chi connectivity index (χ4n) is 1.81. The minimum atomic E-state index is -0.0248. The average molecular weight is 304 g/mol. The lowest BCUT2D eigenvalue weighted by molar-refractivity contribution is -0.128. The highest BCUT2D eigenvalue weighted by Crippen LogP contribution is 2.24. The second-order valence-corrected chi connectivity index (χ2v) is 5.25. The van der Waals surface area contributed by atoms with Crippen molar-refractivity contribution in [3.63, 3.8) is 0 Å². The van der Waals surface area contributed by atoms with Crippen molar-refractivity contribution in [2.45, 2.75) is 19.0 Å². The van der Waals surface area contributed by atoms with Crippen LogP contribution in [0.2, 0.25) is 5.02 Å². The van der Waals surface area contributed by atoms with Crippen molar-refractivity contribution in [2.75, 3.05) is 6.54 Å². The van der Waals surface area contributed by atoms with Gasteiger partial charge in [-0.2, -0.15) is 0 Å². The summed E-state index contributed by atoms with van der Waals surface area (Å²) in [6, 6.07) is 5.65. The third kappa shape index (κ3) is 2.56. The Bertz CT molecular complexity index is 424. The first-order valence-corrected chi connectivity index (χ1v) is 6.20. The highest BCUT2D eigenvalue weighted by molar-refractivity contribution is 9.10. The van der Waals surface area contributed by atoms with E-state index in [4.69, 9.17) is 17.3 Å². The minimum Gasteiger partial charge on any atom is -0.337 e. The van der Waals surface area contributed by atoms with Gasteiger partial charge in [0.15, 0.2) is 0 Å². The molecule has 1 heterocycles. The van der Waals surface area contributed by atoms with Crippen LogP contribution in [-0.4, -0.2) is 23.4 Å². The summed E-state index contributed by atoms with van der Waals surface area (Å²) in [6.07, 6.45) is 0.453. The van der Waals surface area contributed by atoms with Gasteiger partial charge in [0.1, 0.15) is 0 Å². The van der Waals surface area contributed by atoms with E-state index < -0.39 is 0 Å². The maximum Gasteiger partial charge on any atom is 0.224 e. The maximum atomic E-state index is 11.5. The van der Waals surface area contributed by atoms with Gasteiger partial charge in [0.2, 0.25) is 5.91 Å². The van der Waals surface area contributed by atoms with Gasteiger partial charge in [-0.3, -0.25) is 4.79 Å². The quantitative estimate of drug-likeness (QED) is 0.910. The molecule has 5 heteroatoms. The van der Waals surface area contributed by atoms with Crippen molar-refractivity contribution in [3.8, 4) is 0 Å². The van der Waals surface area contributed by atoms with E-state index in [0.717, 1.165) is 10.0 Å². The highest BCUT2D eigenvalue weighted by atomic mass is 79.9. The summed E-state index contributed by atoms with van der Waals surface area (Å²) in [5.41, 5.74) is 6.78. The normalized spacial score (nSPS) is 20.6. The van der Waals surface area contributed by atoms with Crippen molar-refractivity contribution in [1.29, 1.82) is 0 Å². The average Bonchev–Trinajstić information content (AvgIpc) is 2.51. The summed E-state index contributed by atoms with van der Waals surface area (Å²) >= 11 is 9.26. The lowest BCUT2D eigenvalue weighted by atomic mass is 10.2. The molecule has 1 aliphatic rings. The van der Waals surface area contributed by atoms with Crippen LogP contribution >= 0.6 is 27.5 Å². The Morgan fingerprint density at radius 1 is 1.56 bits per heavy atom. The molecule has 2 rings (SSSR count). The van der Waals surface area contributed by atoms with Crippen LogP contribution in [0.3, 0.4) is 0 Å². The van der Waals surface area contributed by atoms with Crippen molar-refractivity contribution in [1.82, 2.24) is 4.90 Å². The van der Waals surface area contributed by atoms with Crippen LogP contribution in [0.5, 0.6) is 0 Å². The van der Waals surface area contributed by atoms with E-state index in [1.165, 1.54) is 0 Å². The van der Waals surface area contributed by atoms with Gasteiger partial charge in [-0.1, -0.05) is 17.7 Å². The van der Waals surface area contributed by atoms with E-state index >= 15 is 0 Å². The zero-order chi connectivity index (χ0) is 11.7. The number of carbonyl (C=O) groups excluding carboxylic acids is 1. The van der Waals surface area contributed by atoms with E-state index in [1.807, 2.05) is 18.2 Å². The molecule has 1 unspecified atom stereocenters. The van der Waals surface area contributed by atoms with Crippen molar-refractivity contribution in [3.05, 3.63) is 33.3 Å². The summed E-state index contributed by atoms with van der Waals surface area (Å²) in [5, 5.41) is 0.674. The van der Waals surface area contributed by atoms with Crippen LogP contribution in [-0.2, 0) is 11.3 Å². The fourth-order valence-corrected chi connectivity index (χ4v) is 2.36. The molecule has 1 aromatic rings. The Morgan fingerprint density at radius 3 is 2.88 bits per heavy atom. The van der Waals surface area contributed by atoms with E-state index in [1.54, 1.807) is 4.90 Å². The zero-order valence-electron chi connectivity index (χ0n) is 8.62. The molecule has 0 aliphatic carbocycles. The molecule has 0 aromatic heterocycles. The first-order valence-electron chi connectivity index (χ1n) is 5.03. The molecule has 1 aliphatic heterocycles. The Morgan fingerprint density at radius 2 is 2.31 bits per heavy atom. The first kappa shape index (κ1) is 11.9. The van der Waals surface area contributed by atoms with Gasteiger partial charge in [0, 0.05) is 30.0 Å². The third-order valence-corrected chi connectivity index (χ3v) is 3.82. The lowest BCUT2D eigenvalue weighted by Gasteiger charge is -2.16. The molecule has 86 valence electrons. The van der Waals surface area contributed by atoms with Crippen LogP contribution in [0, 0.1) is 0 Å². The van der Waals surface area contributed by atoms with Crippen LogP contribution in [0.25, 0.3) is 0 Å². The summed E-state index contributed by atoms with van der Waals surface area (Å²) in [7, 11) is 0.